The smallest absolute Gasteiger partial charge is 0.329 e. The van der Waals surface area contributed by atoms with Gasteiger partial charge in [0.05, 0.1) is 0 Å². The van der Waals surface area contributed by atoms with Gasteiger partial charge in [-0.15, -0.1) is 6.58 Å². The molecule has 1 rings (SSSR count). The van der Waals surface area contributed by atoms with Crippen molar-refractivity contribution in [3.05, 3.63) is 12.7 Å². The van der Waals surface area contributed by atoms with Crippen molar-refractivity contribution < 1.29 is 19.4 Å². The molecule has 5 nitrogen and oxygen atoms in total. The Bertz CT molecular complexity index is 373. The van der Waals surface area contributed by atoms with E-state index in [0.717, 1.165) is 19.3 Å². The monoisotopic (exact) mass is 283 g/mol. The molecule has 0 spiro atoms. The predicted octanol–water partition coefficient (Wildman–Crippen LogP) is 1.65. The molecule has 5 heteroatoms. The van der Waals surface area contributed by atoms with Crippen LogP contribution < -0.4 is 0 Å². The van der Waals surface area contributed by atoms with E-state index in [1.165, 1.54) is 4.90 Å². The molecule has 1 heterocycles. The molecule has 1 aliphatic rings. The molecule has 0 bridgehead atoms. The highest BCUT2D eigenvalue weighted by atomic mass is 16.6. The Labute approximate surface area is 120 Å². The lowest BCUT2D eigenvalue weighted by molar-refractivity contribution is -0.164. The number of amides is 1. The van der Waals surface area contributed by atoms with Gasteiger partial charge in [-0.3, -0.25) is 4.79 Å². The molecular weight excluding hydrogens is 258 g/mol. The van der Waals surface area contributed by atoms with Crippen molar-refractivity contribution in [3.63, 3.8) is 0 Å². The first-order valence-corrected chi connectivity index (χ1v) is 7.06. The number of hydrogen-bond donors (Lipinski definition) is 1. The summed E-state index contributed by atoms with van der Waals surface area (Å²) in [6.07, 6.45) is 4.67. The minimum Gasteiger partial charge on any atom is -0.458 e. The summed E-state index contributed by atoms with van der Waals surface area (Å²) in [5.41, 5.74) is -0.579. The predicted molar refractivity (Wildman–Crippen MR) is 76.0 cm³/mol. The van der Waals surface area contributed by atoms with Gasteiger partial charge in [-0.2, -0.15) is 0 Å². The van der Waals surface area contributed by atoms with Crippen LogP contribution in [0.15, 0.2) is 12.7 Å². The van der Waals surface area contributed by atoms with Crippen LogP contribution in [0.25, 0.3) is 0 Å². The van der Waals surface area contributed by atoms with Crippen LogP contribution in [0.5, 0.6) is 0 Å². The number of likely N-dealkylation sites (tertiary alicyclic amines) is 1. The second-order valence-corrected chi connectivity index (χ2v) is 6.11. The molecule has 114 valence electrons. The van der Waals surface area contributed by atoms with Crippen LogP contribution in [0.2, 0.25) is 0 Å². The second-order valence-electron chi connectivity index (χ2n) is 6.11. The molecule has 20 heavy (non-hydrogen) atoms. The summed E-state index contributed by atoms with van der Waals surface area (Å²) in [7, 11) is 0. The van der Waals surface area contributed by atoms with E-state index in [1.807, 2.05) is 0 Å². The zero-order chi connectivity index (χ0) is 15.3. The number of hydrogen-bond acceptors (Lipinski definition) is 4. The fourth-order valence-corrected chi connectivity index (χ4v) is 2.54. The van der Waals surface area contributed by atoms with E-state index in [9.17, 15) is 9.59 Å². The Morgan fingerprint density at radius 3 is 2.55 bits per heavy atom. The molecule has 1 fully saturated rings. The summed E-state index contributed by atoms with van der Waals surface area (Å²) < 4.78 is 5.36. The van der Waals surface area contributed by atoms with Gasteiger partial charge in [-0.05, 0) is 46.5 Å². The van der Waals surface area contributed by atoms with Gasteiger partial charge < -0.3 is 14.7 Å². The van der Waals surface area contributed by atoms with E-state index >= 15 is 0 Å². The molecule has 0 radical (unpaired) electrons. The number of aliphatic hydroxyl groups excluding tert-OH is 1. The summed E-state index contributed by atoms with van der Waals surface area (Å²) in [5.74, 6) is -0.798. The summed E-state index contributed by atoms with van der Waals surface area (Å²) in [6, 6.07) is -0.603. The first kappa shape index (κ1) is 16.7. The maximum Gasteiger partial charge on any atom is 0.329 e. The number of carbonyl (C=O) groups excluding carboxylic acids is 2. The zero-order valence-electron chi connectivity index (χ0n) is 12.6. The van der Waals surface area contributed by atoms with Crippen LogP contribution in [0, 0.1) is 0 Å². The number of rotatable bonds is 5. The van der Waals surface area contributed by atoms with Gasteiger partial charge >= 0.3 is 5.97 Å². The molecular formula is C15H25NO4. The number of ether oxygens (including phenoxy) is 1. The van der Waals surface area contributed by atoms with Gasteiger partial charge in [0.15, 0.2) is 0 Å². The topological polar surface area (TPSA) is 66.8 Å². The molecule has 0 aromatic rings. The fraction of sp³-hybridized carbons (Fsp3) is 0.733. The molecule has 2 atom stereocenters. The summed E-state index contributed by atoms with van der Waals surface area (Å²) >= 11 is 0. The van der Waals surface area contributed by atoms with Crippen LogP contribution in [0.3, 0.4) is 0 Å². The molecule has 1 saturated heterocycles. The molecule has 1 amide bonds. The summed E-state index contributed by atoms with van der Waals surface area (Å²) in [4.78, 5) is 25.6. The van der Waals surface area contributed by atoms with Crippen molar-refractivity contribution in [2.45, 2.75) is 64.1 Å². The molecule has 0 aromatic carbocycles. The number of nitrogens with zero attached hydrogens (tertiary/aromatic N) is 1. The number of esters is 1. The van der Waals surface area contributed by atoms with Gasteiger partial charge in [0.25, 0.3) is 0 Å². The highest BCUT2D eigenvalue weighted by molar-refractivity contribution is 5.86. The zero-order valence-corrected chi connectivity index (χ0v) is 12.6. The molecule has 1 N–H and O–H groups in total. The van der Waals surface area contributed by atoms with Gasteiger partial charge in [0, 0.05) is 6.04 Å². The maximum absolute atomic E-state index is 12.2. The molecule has 0 saturated carbocycles. The average Bonchev–Trinajstić information content (AvgIpc) is 2.77. The Kier molecular flexibility index (Phi) is 5.74. The van der Waals surface area contributed by atoms with Crippen molar-refractivity contribution in [2.24, 2.45) is 0 Å². The minimum absolute atomic E-state index is 0.0230. The van der Waals surface area contributed by atoms with Crippen molar-refractivity contribution in [1.82, 2.24) is 4.90 Å². The number of carbonyl (C=O) groups is 2. The van der Waals surface area contributed by atoms with Crippen LogP contribution >= 0.6 is 0 Å². The first-order chi connectivity index (χ1) is 9.30. The normalized spacial score (nSPS) is 22.7. The lowest BCUT2D eigenvalue weighted by Crippen LogP contribution is -2.48. The second kappa shape index (κ2) is 6.88. The van der Waals surface area contributed by atoms with Crippen LogP contribution in [0.4, 0.5) is 0 Å². The highest BCUT2D eigenvalue weighted by Gasteiger charge is 2.41. The van der Waals surface area contributed by atoms with E-state index in [-0.39, 0.29) is 12.0 Å². The third kappa shape index (κ3) is 4.34. The van der Waals surface area contributed by atoms with Crippen molar-refractivity contribution in [3.8, 4) is 0 Å². The van der Waals surface area contributed by atoms with Crippen molar-refractivity contribution in [1.29, 1.82) is 0 Å². The Morgan fingerprint density at radius 1 is 1.40 bits per heavy atom. The van der Waals surface area contributed by atoms with Gasteiger partial charge in [-0.25, -0.2) is 4.79 Å². The molecule has 1 aliphatic heterocycles. The van der Waals surface area contributed by atoms with E-state index in [2.05, 4.69) is 6.58 Å². The Morgan fingerprint density at radius 2 is 2.05 bits per heavy atom. The fourth-order valence-electron chi connectivity index (χ4n) is 2.54. The molecule has 0 unspecified atom stereocenters. The van der Waals surface area contributed by atoms with Crippen molar-refractivity contribution in [2.75, 3.05) is 6.61 Å². The van der Waals surface area contributed by atoms with E-state index in [1.54, 1.807) is 26.8 Å². The Balaban J connectivity index is 2.81. The molecule has 0 aliphatic carbocycles. The van der Waals surface area contributed by atoms with Crippen molar-refractivity contribution >= 4 is 11.9 Å². The largest absolute Gasteiger partial charge is 0.458 e. The Hall–Kier alpha value is -1.36. The summed E-state index contributed by atoms with van der Waals surface area (Å²) in [5, 5.41) is 9.11. The quantitative estimate of drug-likeness (QED) is 0.615. The van der Waals surface area contributed by atoms with E-state index < -0.39 is 24.2 Å². The minimum atomic E-state index is -0.580. The summed E-state index contributed by atoms with van der Waals surface area (Å²) in [6.45, 7) is 8.49. The number of aliphatic hydroxyl groups is 1. The lowest BCUT2D eigenvalue weighted by atomic mass is 10.1. The third-order valence-corrected chi connectivity index (χ3v) is 3.31. The molecule has 0 aromatic heterocycles. The maximum atomic E-state index is 12.2. The SMILES string of the molecule is C=CCC[C@H]1CC[C@@H](C(=O)OC(C)(C)C)N1C(=O)CO. The standard InChI is InChI=1S/C15H25NO4/c1-5-6-7-11-8-9-12(16(11)13(18)10-17)14(19)20-15(2,3)4/h5,11-12,17H,1,6-10H2,2-4H3/t11-,12-/m0/s1. The third-order valence-electron chi connectivity index (χ3n) is 3.31. The van der Waals surface area contributed by atoms with E-state index in [0.29, 0.717) is 6.42 Å². The first-order valence-electron chi connectivity index (χ1n) is 7.06. The highest BCUT2D eigenvalue weighted by Crippen LogP contribution is 2.29. The van der Waals surface area contributed by atoms with E-state index in [4.69, 9.17) is 9.84 Å². The van der Waals surface area contributed by atoms with Crippen LogP contribution in [0.1, 0.15) is 46.5 Å². The van der Waals surface area contributed by atoms with Gasteiger partial charge in [-0.1, -0.05) is 6.08 Å². The van der Waals surface area contributed by atoms with Gasteiger partial charge in [0.2, 0.25) is 5.91 Å². The lowest BCUT2D eigenvalue weighted by Gasteiger charge is -2.30. The van der Waals surface area contributed by atoms with Crippen LogP contribution in [-0.2, 0) is 14.3 Å². The van der Waals surface area contributed by atoms with Crippen LogP contribution in [-0.4, -0.2) is 46.2 Å². The number of allylic oxidation sites excluding steroid dienone is 1. The van der Waals surface area contributed by atoms with Gasteiger partial charge in [0.1, 0.15) is 18.2 Å². The average molecular weight is 283 g/mol.